The summed E-state index contributed by atoms with van der Waals surface area (Å²) in [6.45, 7) is 6.45. The van der Waals surface area contributed by atoms with Gasteiger partial charge in [0, 0.05) is 6.54 Å². The lowest BCUT2D eigenvalue weighted by Gasteiger charge is -2.09. The van der Waals surface area contributed by atoms with Gasteiger partial charge in [0.1, 0.15) is 0 Å². The molecule has 0 bridgehead atoms. The van der Waals surface area contributed by atoms with E-state index in [1.54, 1.807) is 6.08 Å². The van der Waals surface area contributed by atoms with Gasteiger partial charge in [0.15, 0.2) is 0 Å². The van der Waals surface area contributed by atoms with Crippen LogP contribution < -0.4 is 11.1 Å². The van der Waals surface area contributed by atoms with Crippen LogP contribution in [0.5, 0.6) is 0 Å². The zero-order valence-corrected chi connectivity index (χ0v) is 6.69. The third-order valence-electron chi connectivity index (χ3n) is 1.35. The highest BCUT2D eigenvalue weighted by Crippen LogP contribution is 1.95. The van der Waals surface area contributed by atoms with E-state index in [4.69, 9.17) is 5.73 Å². The minimum absolute atomic E-state index is 0.0991. The van der Waals surface area contributed by atoms with E-state index >= 15 is 0 Å². The van der Waals surface area contributed by atoms with E-state index in [0.717, 1.165) is 19.4 Å². The van der Waals surface area contributed by atoms with Gasteiger partial charge in [0.05, 0.1) is 6.17 Å². The predicted molar refractivity (Wildman–Crippen MR) is 44.6 cm³/mol. The summed E-state index contributed by atoms with van der Waals surface area (Å²) >= 11 is 0. The molecule has 0 rings (SSSR count). The number of nitrogens with one attached hydrogen (secondary N) is 2. The minimum Gasteiger partial charge on any atom is -0.297 e. The number of unbranched alkanes of at least 4 members (excludes halogenated alkanes) is 1. The number of hydrogen-bond donors (Lipinski definition) is 1. The van der Waals surface area contributed by atoms with Crippen LogP contribution >= 0.6 is 0 Å². The average molecular weight is 141 g/mol. The highest BCUT2D eigenvalue weighted by atomic mass is 15.0. The molecule has 1 radical (unpaired) electrons. The normalized spacial score (nSPS) is 13.0. The number of rotatable bonds is 6. The molecule has 10 heavy (non-hydrogen) atoms. The molecule has 0 fully saturated rings. The van der Waals surface area contributed by atoms with Crippen molar-refractivity contribution >= 4 is 0 Å². The van der Waals surface area contributed by atoms with Crippen molar-refractivity contribution in [2.45, 2.75) is 32.4 Å². The molecule has 0 spiro atoms. The summed E-state index contributed by atoms with van der Waals surface area (Å²) in [6.07, 6.45) is 4.94. The first-order valence-corrected chi connectivity index (χ1v) is 3.86. The molecule has 2 N–H and O–H groups in total. The molecule has 1 unspecified atom stereocenters. The molecule has 2 heteroatoms. The van der Waals surface area contributed by atoms with Crippen molar-refractivity contribution in [1.82, 2.24) is 11.1 Å². The van der Waals surface area contributed by atoms with Crippen molar-refractivity contribution < 1.29 is 0 Å². The molecule has 0 aliphatic carbocycles. The van der Waals surface area contributed by atoms with Crippen molar-refractivity contribution in [2.75, 3.05) is 6.54 Å². The molecule has 0 aliphatic rings. The maximum atomic E-state index is 7.42. The zero-order chi connectivity index (χ0) is 7.82. The Balaban J connectivity index is 3.07. The van der Waals surface area contributed by atoms with Crippen LogP contribution in [0.4, 0.5) is 0 Å². The van der Waals surface area contributed by atoms with E-state index in [0.29, 0.717) is 0 Å². The lowest BCUT2D eigenvalue weighted by molar-refractivity contribution is 0.487. The Bertz CT molecular complexity index is 81.3. The van der Waals surface area contributed by atoms with Gasteiger partial charge < -0.3 is 0 Å². The fraction of sp³-hybridized carbons (Fsp3) is 0.750. The van der Waals surface area contributed by atoms with Crippen molar-refractivity contribution in [3.05, 3.63) is 12.7 Å². The SMILES string of the molecule is C=CCNC([NH])CCCC. The molecule has 0 aromatic carbocycles. The van der Waals surface area contributed by atoms with Gasteiger partial charge in [0.25, 0.3) is 0 Å². The van der Waals surface area contributed by atoms with Crippen LogP contribution in [0.25, 0.3) is 0 Å². The molecule has 0 aromatic rings. The molecular formula is C8H17N2. The third kappa shape index (κ3) is 5.79. The average Bonchev–Trinajstić information content (AvgIpc) is 1.97. The van der Waals surface area contributed by atoms with Crippen molar-refractivity contribution in [3.8, 4) is 0 Å². The monoisotopic (exact) mass is 141 g/mol. The molecule has 0 amide bonds. The molecule has 0 aliphatic heterocycles. The summed E-state index contributed by atoms with van der Waals surface area (Å²) in [7, 11) is 0. The second-order valence-corrected chi connectivity index (χ2v) is 2.39. The zero-order valence-electron chi connectivity index (χ0n) is 6.69. The van der Waals surface area contributed by atoms with Gasteiger partial charge in [0.2, 0.25) is 0 Å². The van der Waals surface area contributed by atoms with Crippen LogP contribution in [-0.4, -0.2) is 12.7 Å². The first-order valence-electron chi connectivity index (χ1n) is 3.86. The van der Waals surface area contributed by atoms with Crippen LogP contribution in [0.3, 0.4) is 0 Å². The summed E-state index contributed by atoms with van der Waals surface area (Å²) in [6, 6.07) is 0. The molecule has 2 nitrogen and oxygen atoms in total. The van der Waals surface area contributed by atoms with Gasteiger partial charge in [-0.1, -0.05) is 25.8 Å². The van der Waals surface area contributed by atoms with Gasteiger partial charge in [-0.05, 0) is 6.42 Å². The second kappa shape index (κ2) is 6.78. The van der Waals surface area contributed by atoms with E-state index in [-0.39, 0.29) is 6.17 Å². The third-order valence-corrected chi connectivity index (χ3v) is 1.35. The van der Waals surface area contributed by atoms with E-state index in [2.05, 4.69) is 18.8 Å². The first-order chi connectivity index (χ1) is 4.81. The molecule has 1 atom stereocenters. The lowest BCUT2D eigenvalue weighted by Crippen LogP contribution is -2.29. The standard InChI is InChI=1S/C8H17N2/c1-3-5-6-8(9)10-7-4-2/h4,8-10H,2-3,5-7H2,1H3. The Morgan fingerprint density at radius 3 is 2.90 bits per heavy atom. The van der Waals surface area contributed by atoms with Gasteiger partial charge in [-0.3, -0.25) is 5.32 Å². The highest BCUT2D eigenvalue weighted by Gasteiger charge is 1.97. The molecule has 59 valence electrons. The maximum Gasteiger partial charge on any atom is 0.0707 e. The summed E-state index contributed by atoms with van der Waals surface area (Å²) in [5.74, 6) is 0. The maximum absolute atomic E-state index is 7.42. The lowest BCUT2D eigenvalue weighted by atomic mass is 10.2. The van der Waals surface area contributed by atoms with Crippen LogP contribution in [-0.2, 0) is 0 Å². The van der Waals surface area contributed by atoms with Crippen LogP contribution in [0.1, 0.15) is 26.2 Å². The Labute approximate surface area is 63.5 Å². The fourth-order valence-corrected chi connectivity index (χ4v) is 0.736. The topological polar surface area (TPSA) is 35.8 Å². The van der Waals surface area contributed by atoms with Crippen molar-refractivity contribution in [1.29, 1.82) is 0 Å². The van der Waals surface area contributed by atoms with Gasteiger partial charge >= 0.3 is 0 Å². The second-order valence-electron chi connectivity index (χ2n) is 2.39. The van der Waals surface area contributed by atoms with E-state index in [1.807, 2.05) is 0 Å². The molecule has 0 saturated heterocycles. The predicted octanol–water partition coefficient (Wildman–Crippen LogP) is 1.56. The number of hydrogen-bond acceptors (Lipinski definition) is 1. The Kier molecular flexibility index (Phi) is 6.55. The molecule has 0 saturated carbocycles. The fourth-order valence-electron chi connectivity index (χ4n) is 0.736. The Morgan fingerprint density at radius 2 is 2.40 bits per heavy atom. The first kappa shape index (κ1) is 9.66. The van der Waals surface area contributed by atoms with Gasteiger partial charge in [-0.2, -0.15) is 0 Å². The van der Waals surface area contributed by atoms with Gasteiger partial charge in [-0.25, -0.2) is 5.73 Å². The largest absolute Gasteiger partial charge is 0.297 e. The Morgan fingerprint density at radius 1 is 1.70 bits per heavy atom. The quantitative estimate of drug-likeness (QED) is 0.560. The van der Waals surface area contributed by atoms with Crippen LogP contribution in [0, 0.1) is 0 Å². The van der Waals surface area contributed by atoms with Gasteiger partial charge in [-0.15, -0.1) is 6.58 Å². The molecular weight excluding hydrogens is 124 g/mol. The molecule has 0 heterocycles. The van der Waals surface area contributed by atoms with E-state index in [1.165, 1.54) is 6.42 Å². The summed E-state index contributed by atoms with van der Waals surface area (Å²) in [4.78, 5) is 0. The van der Waals surface area contributed by atoms with E-state index < -0.39 is 0 Å². The summed E-state index contributed by atoms with van der Waals surface area (Å²) < 4.78 is 0. The highest BCUT2D eigenvalue weighted by molar-refractivity contribution is 4.71. The van der Waals surface area contributed by atoms with Crippen molar-refractivity contribution in [2.24, 2.45) is 0 Å². The summed E-state index contributed by atoms with van der Waals surface area (Å²) in [5.41, 5.74) is 7.42. The minimum atomic E-state index is -0.0991. The molecule has 0 aromatic heterocycles. The van der Waals surface area contributed by atoms with Crippen LogP contribution in [0.2, 0.25) is 0 Å². The van der Waals surface area contributed by atoms with E-state index in [9.17, 15) is 0 Å². The van der Waals surface area contributed by atoms with Crippen molar-refractivity contribution in [3.63, 3.8) is 0 Å². The smallest absolute Gasteiger partial charge is 0.0707 e. The van der Waals surface area contributed by atoms with Crippen LogP contribution in [0.15, 0.2) is 12.7 Å². The summed E-state index contributed by atoms with van der Waals surface area (Å²) in [5, 5.41) is 3.02. The Hall–Kier alpha value is -0.340.